The fraction of sp³-hybridized carbons (Fsp3) is 0. The van der Waals surface area contributed by atoms with Crippen molar-refractivity contribution >= 4 is 47.1 Å². The first-order chi connectivity index (χ1) is 12.5. The van der Waals surface area contributed by atoms with Gasteiger partial charge in [0.25, 0.3) is 0 Å². The van der Waals surface area contributed by atoms with Crippen LogP contribution in [0.4, 0.5) is 0 Å². The van der Waals surface area contributed by atoms with Crippen LogP contribution in [-0.2, 0) is 0 Å². The van der Waals surface area contributed by atoms with Gasteiger partial charge in [-0.1, -0.05) is 23.2 Å². The molecule has 0 heterocycles. The second-order valence-electron chi connectivity index (χ2n) is 5.02. The van der Waals surface area contributed by atoms with E-state index >= 15 is 0 Å². The van der Waals surface area contributed by atoms with Gasteiger partial charge in [-0.3, -0.25) is 16.1 Å². The number of hydrogen-bond donors (Lipinski definition) is 7. The minimum Gasteiger partial charge on any atom is -0.478 e. The number of nitrogens with two attached hydrogens (primary N) is 2. The number of carboxylic acids is 2. The fourth-order valence-corrected chi connectivity index (χ4v) is 2.43. The lowest BCUT2D eigenvalue weighted by atomic mass is 10.00. The number of nitrogens with one attached hydrogen (secondary N) is 3. The van der Waals surface area contributed by atoms with Gasteiger partial charge in [-0.25, -0.2) is 9.59 Å². The van der Waals surface area contributed by atoms with Gasteiger partial charge in [-0.2, -0.15) is 0 Å². The first-order valence-corrected chi connectivity index (χ1v) is 7.78. The van der Waals surface area contributed by atoms with Crippen LogP contribution in [0.15, 0.2) is 36.4 Å². The highest BCUT2D eigenvalue weighted by Gasteiger charge is 2.13. The lowest BCUT2D eigenvalue weighted by Crippen LogP contribution is -2.39. The SMILES string of the molecule is N=C(N)NC(=N)N.O=C(O)c1cc(C(=O)O)cc(-c2cc(Cl)cc(Cl)c2)c1. The van der Waals surface area contributed by atoms with Gasteiger partial charge in [-0.05, 0) is 47.5 Å². The average molecular weight is 412 g/mol. The zero-order chi connectivity index (χ0) is 20.7. The quantitative estimate of drug-likeness (QED) is 0.298. The van der Waals surface area contributed by atoms with Crippen molar-refractivity contribution in [2.75, 3.05) is 0 Å². The highest BCUT2D eigenvalue weighted by Crippen LogP contribution is 2.28. The van der Waals surface area contributed by atoms with Crippen LogP contribution >= 0.6 is 23.2 Å². The Morgan fingerprint density at radius 2 is 1.15 bits per heavy atom. The summed E-state index contributed by atoms with van der Waals surface area (Å²) in [5.74, 6) is -3.04. The van der Waals surface area contributed by atoms with Crippen LogP contribution in [0.5, 0.6) is 0 Å². The number of halogens is 2. The molecule has 0 saturated heterocycles. The topological polar surface area (TPSA) is 186 Å². The molecule has 11 heteroatoms. The molecule has 0 spiro atoms. The third-order valence-corrected chi connectivity index (χ3v) is 3.33. The summed E-state index contributed by atoms with van der Waals surface area (Å²) in [7, 11) is 0. The predicted octanol–water partition coefficient (Wildman–Crippen LogP) is 2.42. The van der Waals surface area contributed by atoms with Crippen molar-refractivity contribution in [3.8, 4) is 11.1 Å². The Labute approximate surface area is 163 Å². The molecule has 0 aliphatic heterocycles. The maximum absolute atomic E-state index is 11.0. The van der Waals surface area contributed by atoms with E-state index in [1.54, 1.807) is 12.1 Å². The lowest BCUT2D eigenvalue weighted by molar-refractivity contribution is 0.0696. The van der Waals surface area contributed by atoms with Crippen LogP contribution in [0.3, 0.4) is 0 Å². The van der Waals surface area contributed by atoms with Crippen LogP contribution < -0.4 is 16.8 Å². The first-order valence-electron chi connectivity index (χ1n) is 7.02. The van der Waals surface area contributed by atoms with E-state index in [1.807, 2.05) is 5.32 Å². The van der Waals surface area contributed by atoms with Gasteiger partial charge in [0.15, 0.2) is 11.9 Å². The molecule has 0 radical (unpaired) electrons. The Kier molecular flexibility index (Phi) is 7.58. The van der Waals surface area contributed by atoms with Gasteiger partial charge in [0.2, 0.25) is 0 Å². The minimum absolute atomic E-state index is 0.115. The standard InChI is InChI=1S/C14H8Cl2O4.C2H7N5/c15-11-4-8(5-12(16)6-11)7-1-9(13(17)18)3-10(2-7)14(19)20;3-1(4)7-2(5)6/h1-6H,(H,17,18)(H,19,20);(H7,3,4,5,6,7). The molecule has 9 nitrogen and oxygen atoms in total. The summed E-state index contributed by atoms with van der Waals surface area (Å²) in [5.41, 5.74) is 10.2. The number of carboxylic acid groups (broad SMARTS) is 2. The van der Waals surface area contributed by atoms with Gasteiger partial charge < -0.3 is 21.7 Å². The molecule has 2 rings (SSSR count). The smallest absolute Gasteiger partial charge is 0.335 e. The molecule has 0 aliphatic carbocycles. The second kappa shape index (κ2) is 9.41. The van der Waals surface area contributed by atoms with Crippen LogP contribution in [0, 0.1) is 10.8 Å². The molecule has 0 aromatic heterocycles. The molecule has 2 aromatic rings. The Morgan fingerprint density at radius 1 is 0.778 bits per heavy atom. The fourth-order valence-electron chi connectivity index (χ4n) is 1.91. The van der Waals surface area contributed by atoms with Crippen molar-refractivity contribution in [1.29, 1.82) is 10.8 Å². The van der Waals surface area contributed by atoms with Crippen molar-refractivity contribution in [3.05, 3.63) is 57.6 Å². The molecule has 0 aliphatic rings. The molecular weight excluding hydrogens is 397 g/mol. The monoisotopic (exact) mass is 411 g/mol. The van der Waals surface area contributed by atoms with E-state index in [4.69, 9.17) is 55.7 Å². The van der Waals surface area contributed by atoms with E-state index < -0.39 is 11.9 Å². The summed E-state index contributed by atoms with van der Waals surface area (Å²) >= 11 is 11.8. The summed E-state index contributed by atoms with van der Waals surface area (Å²) in [5, 5.41) is 33.8. The van der Waals surface area contributed by atoms with Gasteiger partial charge >= 0.3 is 11.9 Å². The number of carbonyl (C=O) groups is 2. The van der Waals surface area contributed by atoms with Gasteiger partial charge in [-0.15, -0.1) is 0 Å². The highest BCUT2D eigenvalue weighted by atomic mass is 35.5. The van der Waals surface area contributed by atoms with Crippen LogP contribution in [0.25, 0.3) is 11.1 Å². The van der Waals surface area contributed by atoms with E-state index in [2.05, 4.69) is 0 Å². The molecule has 27 heavy (non-hydrogen) atoms. The normalized spacial score (nSPS) is 9.56. The van der Waals surface area contributed by atoms with Crippen LogP contribution in [-0.4, -0.2) is 34.1 Å². The third kappa shape index (κ3) is 7.22. The molecule has 142 valence electrons. The molecule has 9 N–H and O–H groups in total. The number of guanidine groups is 2. The number of rotatable bonds is 3. The molecule has 0 amide bonds. The maximum atomic E-state index is 11.0. The van der Waals surface area contributed by atoms with E-state index in [9.17, 15) is 9.59 Å². The summed E-state index contributed by atoms with van der Waals surface area (Å²) < 4.78 is 0. The highest BCUT2D eigenvalue weighted by molar-refractivity contribution is 6.35. The van der Waals surface area contributed by atoms with Gasteiger partial charge in [0.05, 0.1) is 11.1 Å². The van der Waals surface area contributed by atoms with Crippen LogP contribution in [0.2, 0.25) is 10.0 Å². The summed E-state index contributed by atoms with van der Waals surface area (Å²) in [4.78, 5) is 22.1. The lowest BCUT2D eigenvalue weighted by Gasteiger charge is -2.07. The van der Waals surface area contributed by atoms with Crippen molar-refractivity contribution in [2.24, 2.45) is 11.5 Å². The molecular formula is C16H15Cl2N5O4. The summed E-state index contributed by atoms with van der Waals surface area (Å²) in [6.07, 6.45) is 0. The van der Waals surface area contributed by atoms with E-state index in [1.165, 1.54) is 18.2 Å². The summed E-state index contributed by atoms with van der Waals surface area (Å²) in [6, 6.07) is 8.54. The molecule has 0 atom stereocenters. The Bertz CT molecular complexity index is 853. The van der Waals surface area contributed by atoms with E-state index in [0.29, 0.717) is 21.2 Å². The van der Waals surface area contributed by atoms with E-state index in [-0.39, 0.29) is 23.0 Å². The largest absolute Gasteiger partial charge is 0.478 e. The van der Waals surface area contributed by atoms with Crippen molar-refractivity contribution in [2.45, 2.75) is 0 Å². The minimum atomic E-state index is -1.21. The maximum Gasteiger partial charge on any atom is 0.335 e. The zero-order valence-electron chi connectivity index (χ0n) is 13.6. The Morgan fingerprint density at radius 3 is 1.44 bits per heavy atom. The Hall–Kier alpha value is -3.30. The van der Waals surface area contributed by atoms with Crippen molar-refractivity contribution in [1.82, 2.24) is 5.32 Å². The average Bonchev–Trinajstić information content (AvgIpc) is 2.52. The molecule has 2 aromatic carbocycles. The predicted molar refractivity (Wildman–Crippen MR) is 103 cm³/mol. The number of hydrogen-bond acceptors (Lipinski definition) is 4. The van der Waals surface area contributed by atoms with Crippen molar-refractivity contribution < 1.29 is 19.8 Å². The molecule has 0 bridgehead atoms. The number of aromatic carboxylic acids is 2. The zero-order valence-corrected chi connectivity index (χ0v) is 15.1. The van der Waals surface area contributed by atoms with Gasteiger partial charge in [0.1, 0.15) is 0 Å². The van der Waals surface area contributed by atoms with E-state index in [0.717, 1.165) is 6.07 Å². The summed E-state index contributed by atoms with van der Waals surface area (Å²) in [6.45, 7) is 0. The third-order valence-electron chi connectivity index (χ3n) is 2.89. The Balaban J connectivity index is 0.000000445. The van der Waals surface area contributed by atoms with Crippen molar-refractivity contribution in [3.63, 3.8) is 0 Å². The number of benzene rings is 2. The molecule has 0 fully saturated rings. The molecule has 0 saturated carbocycles. The first kappa shape index (κ1) is 21.7. The second-order valence-corrected chi connectivity index (χ2v) is 5.89. The molecule has 0 unspecified atom stereocenters. The van der Waals surface area contributed by atoms with Gasteiger partial charge in [0, 0.05) is 10.0 Å². The van der Waals surface area contributed by atoms with Crippen LogP contribution in [0.1, 0.15) is 20.7 Å².